The highest BCUT2D eigenvalue weighted by Gasteiger charge is 2.30. The van der Waals surface area contributed by atoms with Crippen LogP contribution in [-0.4, -0.2) is 35.1 Å². The average molecular weight is 357 g/mol. The van der Waals surface area contributed by atoms with Gasteiger partial charge in [0, 0.05) is 19.6 Å². The molecule has 3 heterocycles. The lowest BCUT2D eigenvalue weighted by Gasteiger charge is -2.40. The Labute approximate surface area is 147 Å². The third kappa shape index (κ3) is 3.39. The van der Waals surface area contributed by atoms with Gasteiger partial charge in [0.2, 0.25) is 0 Å². The number of hydrogen-bond donors (Lipinski definition) is 2. The molecular weight excluding hydrogens is 341 g/mol. The van der Waals surface area contributed by atoms with E-state index in [9.17, 15) is 9.18 Å². The fraction of sp³-hybridized carbons (Fsp3) is 0.235. The minimum atomic E-state index is -0.285. The first kappa shape index (κ1) is 15.8. The number of thiophene rings is 1. The molecule has 1 saturated heterocycles. The summed E-state index contributed by atoms with van der Waals surface area (Å²) in [5, 5.41) is 7.72. The second-order valence-corrected chi connectivity index (χ2v) is 6.80. The van der Waals surface area contributed by atoms with E-state index in [-0.39, 0.29) is 17.9 Å². The van der Waals surface area contributed by atoms with Crippen LogP contribution in [0.3, 0.4) is 0 Å². The van der Waals surface area contributed by atoms with Crippen LogP contribution in [0.25, 0.3) is 10.2 Å². The van der Waals surface area contributed by atoms with Gasteiger partial charge >= 0.3 is 6.03 Å². The van der Waals surface area contributed by atoms with Crippen molar-refractivity contribution in [3.63, 3.8) is 0 Å². The van der Waals surface area contributed by atoms with Crippen molar-refractivity contribution in [1.82, 2.24) is 20.6 Å². The van der Waals surface area contributed by atoms with Crippen LogP contribution in [0.1, 0.15) is 5.56 Å². The van der Waals surface area contributed by atoms with Gasteiger partial charge in [0.25, 0.3) is 0 Å². The highest BCUT2D eigenvalue weighted by molar-refractivity contribution is 7.17. The molecule has 3 aromatic rings. The number of carbonyl (C=O) groups excluding carboxylic acids is 1. The average Bonchev–Trinajstić information content (AvgIpc) is 3.06. The van der Waals surface area contributed by atoms with E-state index in [4.69, 9.17) is 0 Å². The number of benzene rings is 1. The number of hydrogen-bond acceptors (Lipinski definition) is 5. The number of fused-ring (bicyclic) bond motifs is 1. The van der Waals surface area contributed by atoms with E-state index >= 15 is 0 Å². The Morgan fingerprint density at radius 3 is 2.84 bits per heavy atom. The molecule has 0 spiro atoms. The maximum absolute atomic E-state index is 12.9. The number of urea groups is 1. The van der Waals surface area contributed by atoms with E-state index in [0.29, 0.717) is 19.6 Å². The topological polar surface area (TPSA) is 70.2 Å². The number of nitrogens with one attached hydrogen (secondary N) is 2. The lowest BCUT2D eigenvalue weighted by atomic mass is 10.1. The number of aromatic nitrogens is 2. The van der Waals surface area contributed by atoms with Crippen LogP contribution in [0.5, 0.6) is 0 Å². The molecule has 0 radical (unpaired) electrons. The molecule has 6 nitrogen and oxygen atoms in total. The fourth-order valence-electron chi connectivity index (χ4n) is 2.76. The van der Waals surface area contributed by atoms with Gasteiger partial charge in [-0.05, 0) is 29.1 Å². The first-order chi connectivity index (χ1) is 12.2. The predicted molar refractivity (Wildman–Crippen MR) is 95.2 cm³/mol. The number of rotatable bonds is 4. The van der Waals surface area contributed by atoms with Crippen molar-refractivity contribution in [1.29, 1.82) is 0 Å². The summed E-state index contributed by atoms with van der Waals surface area (Å²) in [4.78, 5) is 22.7. The summed E-state index contributed by atoms with van der Waals surface area (Å²) in [7, 11) is 0. The monoisotopic (exact) mass is 357 g/mol. The fourth-order valence-corrected chi connectivity index (χ4v) is 3.63. The molecule has 2 aromatic heterocycles. The standard InChI is InChI=1S/C17H16FN5OS/c18-12-3-1-11(2-4-12)7-19-17(24)22-13-8-23(9-13)16-15-14(5-6-25-15)20-10-21-16/h1-6,10,13H,7-9H2,(H2,19,22,24). The lowest BCUT2D eigenvalue weighted by Crippen LogP contribution is -2.61. The summed E-state index contributed by atoms with van der Waals surface area (Å²) in [6.07, 6.45) is 1.57. The number of nitrogens with zero attached hydrogens (tertiary/aromatic N) is 3. The number of carbonyl (C=O) groups is 1. The second-order valence-electron chi connectivity index (χ2n) is 5.89. The van der Waals surface area contributed by atoms with Gasteiger partial charge in [-0.15, -0.1) is 11.3 Å². The first-order valence-electron chi connectivity index (χ1n) is 7.91. The Morgan fingerprint density at radius 2 is 2.04 bits per heavy atom. The highest BCUT2D eigenvalue weighted by atomic mass is 32.1. The Bertz CT molecular complexity index is 891. The van der Waals surface area contributed by atoms with Crippen molar-refractivity contribution in [2.75, 3.05) is 18.0 Å². The molecule has 1 fully saturated rings. The van der Waals surface area contributed by atoms with Crippen LogP contribution in [0.2, 0.25) is 0 Å². The zero-order valence-electron chi connectivity index (χ0n) is 13.3. The van der Waals surface area contributed by atoms with Crippen molar-refractivity contribution in [2.24, 2.45) is 0 Å². The predicted octanol–water partition coefficient (Wildman–Crippen LogP) is 2.52. The van der Waals surface area contributed by atoms with E-state index in [1.807, 2.05) is 11.4 Å². The largest absolute Gasteiger partial charge is 0.351 e. The van der Waals surface area contributed by atoms with Crippen molar-refractivity contribution in [3.8, 4) is 0 Å². The van der Waals surface area contributed by atoms with Crippen LogP contribution in [0, 0.1) is 5.82 Å². The molecule has 1 aliphatic heterocycles. The van der Waals surface area contributed by atoms with Crippen LogP contribution in [0.15, 0.2) is 42.0 Å². The molecule has 0 unspecified atom stereocenters. The highest BCUT2D eigenvalue weighted by Crippen LogP contribution is 2.30. The number of amides is 2. The SMILES string of the molecule is O=C(NCc1ccc(F)cc1)NC1CN(c2ncnc3ccsc23)C1. The van der Waals surface area contributed by atoms with Gasteiger partial charge in [0.15, 0.2) is 0 Å². The van der Waals surface area contributed by atoms with Crippen LogP contribution >= 0.6 is 11.3 Å². The molecule has 0 atom stereocenters. The van der Waals surface area contributed by atoms with Crippen molar-refractivity contribution < 1.29 is 9.18 Å². The van der Waals surface area contributed by atoms with Crippen LogP contribution in [0.4, 0.5) is 15.0 Å². The zero-order chi connectivity index (χ0) is 17.2. The van der Waals surface area contributed by atoms with Gasteiger partial charge in [-0.1, -0.05) is 12.1 Å². The molecule has 25 heavy (non-hydrogen) atoms. The van der Waals surface area contributed by atoms with Crippen molar-refractivity contribution in [2.45, 2.75) is 12.6 Å². The summed E-state index contributed by atoms with van der Waals surface area (Å²) in [5.74, 6) is 0.636. The van der Waals surface area contributed by atoms with E-state index in [1.165, 1.54) is 12.1 Å². The van der Waals surface area contributed by atoms with Gasteiger partial charge in [0.1, 0.15) is 18.0 Å². The van der Waals surface area contributed by atoms with Gasteiger partial charge in [-0.2, -0.15) is 0 Å². The summed E-state index contributed by atoms with van der Waals surface area (Å²) in [6.45, 7) is 1.80. The van der Waals surface area contributed by atoms with E-state index in [0.717, 1.165) is 21.6 Å². The van der Waals surface area contributed by atoms with Gasteiger partial charge in [0.05, 0.1) is 16.3 Å². The molecule has 2 N–H and O–H groups in total. The minimum Gasteiger partial charge on any atom is -0.351 e. The van der Waals surface area contributed by atoms with E-state index in [2.05, 4.69) is 25.5 Å². The molecule has 8 heteroatoms. The van der Waals surface area contributed by atoms with Gasteiger partial charge in [-0.25, -0.2) is 19.2 Å². The smallest absolute Gasteiger partial charge is 0.315 e. The second kappa shape index (κ2) is 6.64. The molecule has 0 aliphatic carbocycles. The molecule has 1 aromatic carbocycles. The maximum Gasteiger partial charge on any atom is 0.315 e. The Hall–Kier alpha value is -2.74. The maximum atomic E-state index is 12.9. The van der Waals surface area contributed by atoms with Gasteiger partial charge in [-0.3, -0.25) is 0 Å². The summed E-state index contributed by atoms with van der Waals surface area (Å²) in [5.41, 5.74) is 1.80. The quantitative estimate of drug-likeness (QED) is 0.753. The summed E-state index contributed by atoms with van der Waals surface area (Å²) in [6, 6.07) is 7.90. The molecule has 0 saturated carbocycles. The molecule has 0 bridgehead atoms. The summed E-state index contributed by atoms with van der Waals surface area (Å²) >= 11 is 1.62. The first-order valence-corrected chi connectivity index (χ1v) is 8.79. The number of halogens is 1. The third-order valence-corrected chi connectivity index (χ3v) is 5.01. The van der Waals surface area contributed by atoms with Crippen molar-refractivity contribution in [3.05, 3.63) is 53.4 Å². The normalized spacial score (nSPS) is 14.4. The Balaban J connectivity index is 1.27. The lowest BCUT2D eigenvalue weighted by molar-refractivity contribution is 0.234. The molecule has 128 valence electrons. The van der Waals surface area contributed by atoms with Crippen LogP contribution < -0.4 is 15.5 Å². The molecule has 1 aliphatic rings. The van der Waals surface area contributed by atoms with E-state index < -0.39 is 0 Å². The molecule has 4 rings (SSSR count). The minimum absolute atomic E-state index is 0.0817. The Kier molecular flexibility index (Phi) is 4.19. The van der Waals surface area contributed by atoms with Crippen LogP contribution in [-0.2, 0) is 6.54 Å². The summed E-state index contributed by atoms with van der Waals surface area (Å²) < 4.78 is 13.9. The molecular formula is C17H16FN5OS. The third-order valence-electron chi connectivity index (χ3n) is 4.11. The number of anilines is 1. The van der Waals surface area contributed by atoms with Crippen molar-refractivity contribution >= 4 is 33.4 Å². The Morgan fingerprint density at radius 1 is 1.24 bits per heavy atom. The van der Waals surface area contributed by atoms with Gasteiger partial charge < -0.3 is 15.5 Å². The van der Waals surface area contributed by atoms with E-state index in [1.54, 1.807) is 29.8 Å². The molecule has 2 amide bonds. The zero-order valence-corrected chi connectivity index (χ0v) is 14.1.